The third-order valence-corrected chi connectivity index (χ3v) is 4.29. The lowest BCUT2D eigenvalue weighted by molar-refractivity contribution is 0.871. The second-order valence-corrected chi connectivity index (χ2v) is 6.43. The standard InChI is InChI=1S/C18H15BrN4S/c1-13(11-14-7-3-2-4-8-14)12-20-23-17(21-22-18(23)24)15-9-5-6-10-16(15)19/h2-12H,1H3,(H,22,24). The minimum atomic E-state index is 0.449. The quantitative estimate of drug-likeness (QED) is 0.478. The van der Waals surface area contributed by atoms with Gasteiger partial charge in [0.2, 0.25) is 4.77 Å². The molecule has 4 nitrogen and oxygen atoms in total. The smallest absolute Gasteiger partial charge is 0.216 e. The number of aromatic amines is 1. The molecule has 24 heavy (non-hydrogen) atoms. The van der Waals surface area contributed by atoms with Crippen molar-refractivity contribution in [3.05, 3.63) is 75.0 Å². The van der Waals surface area contributed by atoms with Crippen LogP contribution in [0, 0.1) is 4.77 Å². The van der Waals surface area contributed by atoms with Gasteiger partial charge in [0.25, 0.3) is 0 Å². The van der Waals surface area contributed by atoms with Gasteiger partial charge < -0.3 is 0 Å². The Morgan fingerprint density at radius 2 is 1.88 bits per heavy atom. The average molecular weight is 399 g/mol. The summed E-state index contributed by atoms with van der Waals surface area (Å²) >= 11 is 8.83. The van der Waals surface area contributed by atoms with Crippen LogP contribution in [0.4, 0.5) is 0 Å². The average Bonchev–Trinajstić information content (AvgIpc) is 2.95. The molecule has 0 bridgehead atoms. The van der Waals surface area contributed by atoms with Gasteiger partial charge in [0.1, 0.15) is 0 Å². The second-order valence-electron chi connectivity index (χ2n) is 5.19. The zero-order chi connectivity index (χ0) is 16.9. The van der Waals surface area contributed by atoms with E-state index in [0.717, 1.165) is 21.2 Å². The van der Waals surface area contributed by atoms with Crippen LogP contribution in [0.15, 0.2) is 69.7 Å². The second kappa shape index (κ2) is 7.51. The molecule has 1 heterocycles. The normalized spacial score (nSPS) is 12.0. The molecule has 1 aromatic heterocycles. The first-order valence-corrected chi connectivity index (χ1v) is 8.55. The highest BCUT2D eigenvalue weighted by Gasteiger charge is 2.10. The Labute approximate surface area is 153 Å². The van der Waals surface area contributed by atoms with Crippen molar-refractivity contribution in [1.82, 2.24) is 14.9 Å². The number of halogens is 1. The van der Waals surface area contributed by atoms with Gasteiger partial charge in [-0.05, 0) is 42.4 Å². The van der Waals surface area contributed by atoms with Gasteiger partial charge in [0.15, 0.2) is 5.82 Å². The van der Waals surface area contributed by atoms with E-state index in [-0.39, 0.29) is 0 Å². The molecule has 0 amide bonds. The Morgan fingerprint density at radius 3 is 2.62 bits per heavy atom. The summed E-state index contributed by atoms with van der Waals surface area (Å²) in [7, 11) is 0. The summed E-state index contributed by atoms with van der Waals surface area (Å²) in [5, 5.41) is 11.6. The summed E-state index contributed by atoms with van der Waals surface area (Å²) < 4.78 is 3.01. The number of nitrogens with zero attached hydrogens (tertiary/aromatic N) is 3. The van der Waals surface area contributed by atoms with E-state index < -0.39 is 0 Å². The molecule has 0 atom stereocenters. The zero-order valence-corrected chi connectivity index (χ0v) is 15.4. The van der Waals surface area contributed by atoms with Crippen molar-refractivity contribution < 1.29 is 0 Å². The van der Waals surface area contributed by atoms with Crippen molar-refractivity contribution >= 4 is 40.4 Å². The van der Waals surface area contributed by atoms with Gasteiger partial charge in [0.05, 0.1) is 6.21 Å². The molecule has 120 valence electrons. The minimum absolute atomic E-state index is 0.449. The number of hydrogen-bond acceptors (Lipinski definition) is 3. The van der Waals surface area contributed by atoms with Gasteiger partial charge in [-0.25, -0.2) is 5.10 Å². The molecule has 0 radical (unpaired) electrons. The molecular weight excluding hydrogens is 384 g/mol. The van der Waals surface area contributed by atoms with E-state index in [0.29, 0.717) is 10.6 Å². The van der Waals surface area contributed by atoms with E-state index in [1.165, 1.54) is 0 Å². The van der Waals surface area contributed by atoms with E-state index in [2.05, 4.69) is 37.3 Å². The molecule has 3 aromatic rings. The number of hydrogen-bond donors (Lipinski definition) is 1. The Hall–Kier alpha value is -2.31. The number of aromatic nitrogens is 3. The van der Waals surface area contributed by atoms with Gasteiger partial charge in [-0.1, -0.05) is 64.5 Å². The number of nitrogens with one attached hydrogen (secondary N) is 1. The molecule has 0 saturated heterocycles. The van der Waals surface area contributed by atoms with Crippen LogP contribution in [0.25, 0.3) is 17.5 Å². The molecule has 0 spiro atoms. The Bertz CT molecular complexity index is 954. The van der Waals surface area contributed by atoms with Crippen LogP contribution in [0.1, 0.15) is 12.5 Å². The number of benzene rings is 2. The van der Waals surface area contributed by atoms with Gasteiger partial charge in [0, 0.05) is 10.0 Å². The number of H-pyrrole nitrogens is 1. The van der Waals surface area contributed by atoms with E-state index in [1.807, 2.05) is 61.5 Å². The number of allylic oxidation sites excluding steroid dienone is 1. The molecule has 0 fully saturated rings. The van der Waals surface area contributed by atoms with Crippen LogP contribution in [-0.4, -0.2) is 21.1 Å². The van der Waals surface area contributed by atoms with Crippen molar-refractivity contribution in [2.45, 2.75) is 6.92 Å². The SMILES string of the molecule is CC(C=Nn1c(-c2ccccc2Br)n[nH]c1=S)=Cc1ccccc1. The maximum atomic E-state index is 5.29. The molecule has 0 saturated carbocycles. The van der Waals surface area contributed by atoms with Crippen molar-refractivity contribution in [3.8, 4) is 11.4 Å². The Morgan fingerprint density at radius 1 is 1.17 bits per heavy atom. The van der Waals surface area contributed by atoms with Crippen LogP contribution < -0.4 is 0 Å². The van der Waals surface area contributed by atoms with E-state index in [9.17, 15) is 0 Å². The molecule has 0 unspecified atom stereocenters. The van der Waals surface area contributed by atoms with Crippen molar-refractivity contribution in [2.24, 2.45) is 5.10 Å². The van der Waals surface area contributed by atoms with Gasteiger partial charge in [-0.2, -0.15) is 14.9 Å². The van der Waals surface area contributed by atoms with Crippen LogP contribution in [0.5, 0.6) is 0 Å². The predicted molar refractivity (Wildman–Crippen MR) is 105 cm³/mol. The predicted octanol–water partition coefficient (Wildman–Crippen LogP) is 5.31. The monoisotopic (exact) mass is 398 g/mol. The largest absolute Gasteiger partial charge is 0.250 e. The summed E-state index contributed by atoms with van der Waals surface area (Å²) in [4.78, 5) is 0. The highest BCUT2D eigenvalue weighted by molar-refractivity contribution is 9.10. The van der Waals surface area contributed by atoms with Crippen LogP contribution in [0.3, 0.4) is 0 Å². The van der Waals surface area contributed by atoms with Gasteiger partial charge >= 0.3 is 0 Å². The number of rotatable bonds is 4. The molecule has 3 rings (SSSR count). The fraction of sp³-hybridized carbons (Fsp3) is 0.0556. The molecule has 1 N–H and O–H groups in total. The maximum absolute atomic E-state index is 5.29. The topological polar surface area (TPSA) is 46.0 Å². The van der Waals surface area contributed by atoms with Crippen molar-refractivity contribution in [3.63, 3.8) is 0 Å². The third-order valence-electron chi connectivity index (χ3n) is 3.34. The first kappa shape index (κ1) is 16.5. The van der Waals surface area contributed by atoms with E-state index in [4.69, 9.17) is 12.2 Å². The fourth-order valence-electron chi connectivity index (χ4n) is 2.21. The lowest BCUT2D eigenvalue weighted by Crippen LogP contribution is -1.95. The molecule has 6 heteroatoms. The van der Waals surface area contributed by atoms with Crippen molar-refractivity contribution in [1.29, 1.82) is 0 Å². The molecule has 2 aromatic carbocycles. The molecule has 0 aliphatic rings. The lowest BCUT2D eigenvalue weighted by Gasteiger charge is -2.03. The lowest BCUT2D eigenvalue weighted by atomic mass is 10.1. The third kappa shape index (κ3) is 3.77. The first-order valence-electron chi connectivity index (χ1n) is 7.35. The van der Waals surface area contributed by atoms with Gasteiger partial charge in [-0.3, -0.25) is 0 Å². The molecular formula is C18H15BrN4S. The summed E-state index contributed by atoms with van der Waals surface area (Å²) in [5.74, 6) is 0.663. The summed E-state index contributed by atoms with van der Waals surface area (Å²) in [6.45, 7) is 2.00. The minimum Gasteiger partial charge on any atom is -0.250 e. The van der Waals surface area contributed by atoms with Gasteiger partial charge in [-0.15, -0.1) is 0 Å². The highest BCUT2D eigenvalue weighted by Crippen LogP contribution is 2.26. The Kier molecular flexibility index (Phi) is 5.17. The van der Waals surface area contributed by atoms with Crippen molar-refractivity contribution in [2.75, 3.05) is 0 Å². The van der Waals surface area contributed by atoms with E-state index in [1.54, 1.807) is 10.9 Å². The summed E-state index contributed by atoms with van der Waals surface area (Å²) in [6, 6.07) is 17.9. The first-order chi connectivity index (χ1) is 11.6. The van der Waals surface area contributed by atoms with E-state index >= 15 is 0 Å². The summed E-state index contributed by atoms with van der Waals surface area (Å²) in [5.41, 5.74) is 3.07. The van der Waals surface area contributed by atoms with Crippen LogP contribution >= 0.6 is 28.1 Å². The zero-order valence-electron chi connectivity index (χ0n) is 13.0. The fourth-order valence-corrected chi connectivity index (χ4v) is 2.86. The molecule has 0 aliphatic heterocycles. The van der Waals surface area contributed by atoms with Crippen LogP contribution in [0.2, 0.25) is 0 Å². The Balaban J connectivity index is 1.94. The highest BCUT2D eigenvalue weighted by atomic mass is 79.9. The van der Waals surface area contributed by atoms with Crippen LogP contribution in [-0.2, 0) is 0 Å². The maximum Gasteiger partial charge on any atom is 0.216 e. The summed E-state index contributed by atoms with van der Waals surface area (Å²) in [6.07, 6.45) is 3.84. The molecule has 0 aliphatic carbocycles.